The van der Waals surface area contributed by atoms with E-state index in [0.29, 0.717) is 23.5 Å². The second-order valence-corrected chi connectivity index (χ2v) is 8.80. The minimum absolute atomic E-state index is 0.0995. The highest BCUT2D eigenvalue weighted by Gasteiger charge is 2.29. The second-order valence-electron chi connectivity index (χ2n) is 8.40. The minimum Gasteiger partial charge on any atom is -0.444 e. The van der Waals surface area contributed by atoms with Crippen LogP contribution in [0.15, 0.2) is 29.2 Å². The van der Waals surface area contributed by atoms with Crippen LogP contribution in [0.25, 0.3) is 10.8 Å². The molecule has 1 fully saturated rings. The maximum Gasteiger partial charge on any atom is 0.410 e. The number of aromatic nitrogens is 1. The van der Waals surface area contributed by atoms with E-state index in [1.54, 1.807) is 24.2 Å². The van der Waals surface area contributed by atoms with Gasteiger partial charge in [0, 0.05) is 50.5 Å². The van der Waals surface area contributed by atoms with Gasteiger partial charge in [0.15, 0.2) is 0 Å². The maximum atomic E-state index is 12.5. The van der Waals surface area contributed by atoms with Gasteiger partial charge in [-0.15, -0.1) is 0 Å². The van der Waals surface area contributed by atoms with Crippen LogP contribution >= 0.6 is 11.6 Å². The van der Waals surface area contributed by atoms with Gasteiger partial charge in [0.05, 0.1) is 10.4 Å². The van der Waals surface area contributed by atoms with Gasteiger partial charge in [-0.25, -0.2) is 4.79 Å². The van der Waals surface area contributed by atoms with E-state index in [1.165, 1.54) is 4.57 Å². The van der Waals surface area contributed by atoms with Crippen molar-refractivity contribution >= 4 is 34.2 Å². The lowest BCUT2D eigenvalue weighted by Gasteiger charge is -2.38. The molecule has 152 valence electrons. The third kappa shape index (κ3) is 4.12. The predicted molar refractivity (Wildman–Crippen MR) is 113 cm³/mol. The number of carbonyl (C=O) groups is 1. The van der Waals surface area contributed by atoms with E-state index >= 15 is 0 Å². The van der Waals surface area contributed by atoms with Crippen molar-refractivity contribution in [2.45, 2.75) is 45.3 Å². The van der Waals surface area contributed by atoms with Crippen LogP contribution in [0.2, 0.25) is 5.02 Å². The molecule has 7 heteroatoms. The van der Waals surface area contributed by atoms with Crippen LogP contribution in [0.3, 0.4) is 0 Å². The summed E-state index contributed by atoms with van der Waals surface area (Å²) in [5.74, 6) is 0. The molecule has 2 heterocycles. The third-order valence-corrected chi connectivity index (χ3v) is 5.53. The summed E-state index contributed by atoms with van der Waals surface area (Å²) >= 11 is 6.31. The Kier molecular flexibility index (Phi) is 5.62. The van der Waals surface area contributed by atoms with Crippen molar-refractivity contribution in [2.75, 3.05) is 25.0 Å². The SMILES string of the molecule is CN(c1ccc(Cl)c2c(=O)n(C)ccc12)C1CCN(C(=O)OC(C)(C)C)CC1. The summed E-state index contributed by atoms with van der Waals surface area (Å²) in [7, 11) is 3.76. The first-order valence-electron chi connectivity index (χ1n) is 9.57. The monoisotopic (exact) mass is 405 g/mol. The van der Waals surface area contributed by atoms with Crippen molar-refractivity contribution in [3.63, 3.8) is 0 Å². The fourth-order valence-corrected chi connectivity index (χ4v) is 3.91. The summed E-state index contributed by atoms with van der Waals surface area (Å²) in [6.45, 7) is 6.93. The van der Waals surface area contributed by atoms with Gasteiger partial charge in [-0.1, -0.05) is 11.6 Å². The highest BCUT2D eigenvalue weighted by molar-refractivity contribution is 6.36. The summed E-state index contributed by atoms with van der Waals surface area (Å²) in [5.41, 5.74) is 0.393. The van der Waals surface area contributed by atoms with Gasteiger partial charge in [-0.05, 0) is 51.8 Å². The van der Waals surface area contributed by atoms with Crippen LogP contribution in [0.4, 0.5) is 10.5 Å². The number of aryl methyl sites for hydroxylation is 1. The molecular formula is C21H28ClN3O3. The van der Waals surface area contributed by atoms with Crippen molar-refractivity contribution in [3.05, 3.63) is 39.8 Å². The van der Waals surface area contributed by atoms with E-state index < -0.39 is 5.60 Å². The molecule has 1 amide bonds. The molecule has 6 nitrogen and oxygen atoms in total. The van der Waals surface area contributed by atoms with E-state index in [1.807, 2.05) is 40.0 Å². The number of anilines is 1. The lowest BCUT2D eigenvalue weighted by molar-refractivity contribution is 0.0205. The highest BCUT2D eigenvalue weighted by Crippen LogP contribution is 2.32. The number of hydrogen-bond acceptors (Lipinski definition) is 4. The third-order valence-electron chi connectivity index (χ3n) is 5.21. The van der Waals surface area contributed by atoms with Crippen LogP contribution in [0, 0.1) is 0 Å². The molecule has 1 saturated heterocycles. The number of amides is 1. The highest BCUT2D eigenvalue weighted by atomic mass is 35.5. The molecule has 2 aromatic rings. The van der Waals surface area contributed by atoms with Crippen LogP contribution in [0.1, 0.15) is 33.6 Å². The topological polar surface area (TPSA) is 54.8 Å². The molecule has 1 aliphatic heterocycles. The Morgan fingerprint density at radius 3 is 2.46 bits per heavy atom. The molecule has 1 aromatic carbocycles. The number of nitrogens with zero attached hydrogens (tertiary/aromatic N) is 3. The van der Waals surface area contributed by atoms with Crippen LogP contribution in [0.5, 0.6) is 0 Å². The molecule has 0 N–H and O–H groups in total. The number of fused-ring (bicyclic) bond motifs is 1. The Hall–Kier alpha value is -2.21. The second kappa shape index (κ2) is 7.66. The molecule has 1 aromatic heterocycles. The number of likely N-dealkylation sites (tertiary alicyclic amines) is 1. The fourth-order valence-electron chi connectivity index (χ4n) is 3.66. The summed E-state index contributed by atoms with van der Waals surface area (Å²) in [5, 5.41) is 1.86. The zero-order chi connectivity index (χ0) is 20.6. The number of pyridine rings is 1. The minimum atomic E-state index is -0.487. The number of ether oxygens (including phenoxy) is 1. The van der Waals surface area contributed by atoms with Gasteiger partial charge < -0.3 is 19.1 Å². The molecule has 0 aliphatic carbocycles. The zero-order valence-corrected chi connectivity index (χ0v) is 17.9. The van der Waals surface area contributed by atoms with Crippen molar-refractivity contribution < 1.29 is 9.53 Å². The Balaban J connectivity index is 1.79. The molecule has 0 bridgehead atoms. The first kappa shape index (κ1) is 20.5. The maximum absolute atomic E-state index is 12.5. The molecule has 0 saturated carbocycles. The van der Waals surface area contributed by atoms with E-state index in [-0.39, 0.29) is 17.7 Å². The van der Waals surface area contributed by atoms with Gasteiger partial charge in [0.1, 0.15) is 5.60 Å². The Morgan fingerprint density at radius 1 is 1.21 bits per heavy atom. The smallest absolute Gasteiger partial charge is 0.410 e. The van der Waals surface area contributed by atoms with Crippen molar-refractivity contribution in [1.82, 2.24) is 9.47 Å². The molecule has 0 spiro atoms. The Bertz CT molecular complexity index is 940. The zero-order valence-electron chi connectivity index (χ0n) is 17.2. The molecule has 0 atom stereocenters. The summed E-state index contributed by atoms with van der Waals surface area (Å²) in [4.78, 5) is 28.8. The summed E-state index contributed by atoms with van der Waals surface area (Å²) in [6, 6.07) is 5.95. The van der Waals surface area contributed by atoms with Gasteiger partial charge >= 0.3 is 6.09 Å². The van der Waals surface area contributed by atoms with Gasteiger partial charge in [0.2, 0.25) is 0 Å². The van der Waals surface area contributed by atoms with E-state index in [9.17, 15) is 9.59 Å². The van der Waals surface area contributed by atoms with Crippen LogP contribution in [-0.2, 0) is 11.8 Å². The number of halogens is 1. The number of rotatable bonds is 2. The molecular weight excluding hydrogens is 378 g/mol. The van der Waals surface area contributed by atoms with Crippen molar-refractivity contribution in [3.8, 4) is 0 Å². The van der Waals surface area contributed by atoms with Crippen LogP contribution in [-0.4, -0.2) is 47.3 Å². The lowest BCUT2D eigenvalue weighted by Crippen LogP contribution is -2.47. The van der Waals surface area contributed by atoms with Gasteiger partial charge in [-0.3, -0.25) is 4.79 Å². The largest absolute Gasteiger partial charge is 0.444 e. The predicted octanol–water partition coefficient (Wildman–Crippen LogP) is 4.03. The molecule has 3 rings (SSSR count). The molecule has 28 heavy (non-hydrogen) atoms. The number of piperidine rings is 1. The summed E-state index contributed by atoms with van der Waals surface area (Å²) < 4.78 is 7.01. The number of benzene rings is 1. The Labute approximate surface area is 170 Å². The average molecular weight is 406 g/mol. The normalized spacial score (nSPS) is 15.7. The molecule has 1 aliphatic rings. The Morgan fingerprint density at radius 2 is 1.86 bits per heavy atom. The molecule has 0 unspecified atom stereocenters. The van der Waals surface area contributed by atoms with E-state index in [2.05, 4.69) is 4.90 Å². The van der Waals surface area contributed by atoms with Crippen molar-refractivity contribution in [2.24, 2.45) is 7.05 Å². The average Bonchev–Trinajstić information content (AvgIpc) is 2.63. The number of hydrogen-bond donors (Lipinski definition) is 0. The van der Waals surface area contributed by atoms with Crippen LogP contribution < -0.4 is 10.5 Å². The quantitative estimate of drug-likeness (QED) is 0.757. The first-order valence-corrected chi connectivity index (χ1v) is 9.95. The van der Waals surface area contributed by atoms with Gasteiger partial charge in [-0.2, -0.15) is 0 Å². The number of carbonyl (C=O) groups excluding carboxylic acids is 1. The summed E-state index contributed by atoms with van der Waals surface area (Å²) in [6.07, 6.45) is 3.19. The van der Waals surface area contributed by atoms with Gasteiger partial charge in [0.25, 0.3) is 5.56 Å². The standard InChI is InChI=1S/C21H28ClN3O3/c1-21(2,3)28-20(27)25-12-8-14(9-13-25)24(5)17-7-6-16(22)18-15(17)10-11-23(4)19(18)26/h6-7,10-11,14H,8-9,12-13H2,1-5H3. The van der Waals surface area contributed by atoms with E-state index in [4.69, 9.17) is 16.3 Å². The fraction of sp³-hybridized carbons (Fsp3) is 0.524. The molecule has 0 radical (unpaired) electrons. The first-order chi connectivity index (χ1) is 13.1. The lowest BCUT2D eigenvalue weighted by atomic mass is 10.0. The van der Waals surface area contributed by atoms with E-state index in [0.717, 1.165) is 23.9 Å². The van der Waals surface area contributed by atoms with Crippen molar-refractivity contribution in [1.29, 1.82) is 0 Å².